The van der Waals surface area contributed by atoms with Gasteiger partial charge in [-0.1, -0.05) is 50.1 Å². The number of aliphatic hydroxyl groups excluding tert-OH is 1. The average Bonchev–Trinajstić information content (AvgIpc) is 2.46. The van der Waals surface area contributed by atoms with Gasteiger partial charge in [0, 0.05) is 6.04 Å². The van der Waals surface area contributed by atoms with Gasteiger partial charge in [0.05, 0.1) is 6.61 Å². The summed E-state index contributed by atoms with van der Waals surface area (Å²) in [5, 5.41) is 13.0. The van der Waals surface area contributed by atoms with Crippen LogP contribution in [0.5, 0.6) is 0 Å². The Morgan fingerprint density at radius 3 is 2.47 bits per heavy atom. The smallest absolute Gasteiger partial charge is 0.0587 e. The summed E-state index contributed by atoms with van der Waals surface area (Å²) in [4.78, 5) is 0. The highest BCUT2D eigenvalue weighted by Gasteiger charge is 2.19. The molecule has 0 unspecified atom stereocenters. The minimum atomic E-state index is 0.196. The molecule has 0 bridgehead atoms. The highest BCUT2D eigenvalue weighted by atomic mass is 16.3. The fraction of sp³-hybridized carbons (Fsp3) is 0.647. The standard InChI is InChI=1S/C17H27NO/c1-14-7-9-16(10-8-14)12-18-17(13-19)11-15-5-3-2-4-6-15/h2-6,14,16-19H,7-13H2,1H3/t14?,16?,17-/m0/s1. The van der Waals surface area contributed by atoms with Crippen molar-refractivity contribution in [3.63, 3.8) is 0 Å². The second-order valence-corrected chi connectivity index (χ2v) is 6.10. The normalized spacial score (nSPS) is 25.2. The zero-order valence-electron chi connectivity index (χ0n) is 12.0. The van der Waals surface area contributed by atoms with E-state index in [-0.39, 0.29) is 12.6 Å². The molecule has 0 aromatic heterocycles. The molecule has 0 saturated heterocycles. The van der Waals surface area contributed by atoms with Crippen LogP contribution in [-0.2, 0) is 6.42 Å². The van der Waals surface area contributed by atoms with Gasteiger partial charge in [-0.2, -0.15) is 0 Å². The minimum Gasteiger partial charge on any atom is -0.395 e. The zero-order valence-corrected chi connectivity index (χ0v) is 12.0. The van der Waals surface area contributed by atoms with Crippen LogP contribution in [0.2, 0.25) is 0 Å². The van der Waals surface area contributed by atoms with Gasteiger partial charge in [0.2, 0.25) is 0 Å². The van der Waals surface area contributed by atoms with Crippen molar-refractivity contribution >= 4 is 0 Å². The van der Waals surface area contributed by atoms with E-state index in [1.165, 1.54) is 31.2 Å². The maximum absolute atomic E-state index is 9.50. The first-order valence-corrected chi connectivity index (χ1v) is 7.66. The van der Waals surface area contributed by atoms with E-state index in [4.69, 9.17) is 0 Å². The zero-order chi connectivity index (χ0) is 13.5. The van der Waals surface area contributed by atoms with Crippen LogP contribution in [0.4, 0.5) is 0 Å². The van der Waals surface area contributed by atoms with Crippen molar-refractivity contribution in [2.45, 2.75) is 45.1 Å². The Labute approximate surface area is 117 Å². The molecule has 2 heteroatoms. The van der Waals surface area contributed by atoms with E-state index < -0.39 is 0 Å². The lowest BCUT2D eigenvalue weighted by Crippen LogP contribution is -2.38. The van der Waals surface area contributed by atoms with E-state index in [9.17, 15) is 5.11 Å². The van der Waals surface area contributed by atoms with E-state index in [0.29, 0.717) is 0 Å². The molecule has 1 aliphatic rings. The highest BCUT2D eigenvalue weighted by Crippen LogP contribution is 2.27. The van der Waals surface area contributed by atoms with E-state index in [1.54, 1.807) is 0 Å². The molecule has 19 heavy (non-hydrogen) atoms. The number of benzene rings is 1. The van der Waals surface area contributed by atoms with Crippen molar-refractivity contribution < 1.29 is 5.11 Å². The molecule has 0 spiro atoms. The van der Waals surface area contributed by atoms with Crippen LogP contribution in [0.1, 0.15) is 38.2 Å². The lowest BCUT2D eigenvalue weighted by atomic mass is 9.83. The van der Waals surface area contributed by atoms with Crippen molar-refractivity contribution in [3.8, 4) is 0 Å². The van der Waals surface area contributed by atoms with Crippen LogP contribution in [0, 0.1) is 11.8 Å². The number of hydrogen-bond acceptors (Lipinski definition) is 2. The topological polar surface area (TPSA) is 32.3 Å². The third-order valence-electron chi connectivity index (χ3n) is 4.38. The summed E-state index contributed by atoms with van der Waals surface area (Å²) in [7, 11) is 0. The van der Waals surface area contributed by atoms with Crippen molar-refractivity contribution in [3.05, 3.63) is 35.9 Å². The minimum absolute atomic E-state index is 0.196. The Bertz CT molecular complexity index is 344. The molecule has 1 fully saturated rings. The molecule has 0 heterocycles. The summed E-state index contributed by atoms with van der Waals surface area (Å²) >= 11 is 0. The third-order valence-corrected chi connectivity index (χ3v) is 4.38. The molecule has 2 rings (SSSR count). The molecular weight excluding hydrogens is 234 g/mol. The summed E-state index contributed by atoms with van der Waals surface area (Å²) in [6, 6.07) is 10.6. The highest BCUT2D eigenvalue weighted by molar-refractivity contribution is 5.15. The molecule has 1 atom stereocenters. The van der Waals surface area contributed by atoms with E-state index in [1.807, 2.05) is 6.07 Å². The molecule has 0 radical (unpaired) electrons. The van der Waals surface area contributed by atoms with Gasteiger partial charge in [-0.05, 0) is 43.2 Å². The van der Waals surface area contributed by atoms with Crippen LogP contribution in [0.15, 0.2) is 30.3 Å². The largest absolute Gasteiger partial charge is 0.395 e. The van der Waals surface area contributed by atoms with Crippen LogP contribution < -0.4 is 5.32 Å². The predicted molar refractivity (Wildman–Crippen MR) is 80.1 cm³/mol. The molecule has 1 aromatic carbocycles. The van der Waals surface area contributed by atoms with Crippen molar-refractivity contribution in [2.24, 2.45) is 11.8 Å². The monoisotopic (exact) mass is 261 g/mol. The Morgan fingerprint density at radius 1 is 1.16 bits per heavy atom. The SMILES string of the molecule is CC1CCC(CN[C@H](CO)Cc2ccccc2)CC1. The third kappa shape index (κ3) is 4.96. The van der Waals surface area contributed by atoms with Crippen molar-refractivity contribution in [2.75, 3.05) is 13.2 Å². The molecule has 106 valence electrons. The van der Waals surface area contributed by atoms with Gasteiger partial charge in [0.1, 0.15) is 0 Å². The van der Waals surface area contributed by atoms with Gasteiger partial charge in [0.25, 0.3) is 0 Å². The first-order chi connectivity index (χ1) is 9.28. The number of hydrogen-bond donors (Lipinski definition) is 2. The van der Waals surface area contributed by atoms with Crippen molar-refractivity contribution in [1.82, 2.24) is 5.32 Å². The van der Waals surface area contributed by atoms with E-state index in [2.05, 4.69) is 36.5 Å². The van der Waals surface area contributed by atoms with Gasteiger partial charge in [0.15, 0.2) is 0 Å². The number of rotatable bonds is 6. The molecule has 1 aromatic rings. The first-order valence-electron chi connectivity index (χ1n) is 7.66. The van der Waals surface area contributed by atoms with Gasteiger partial charge in [-0.3, -0.25) is 0 Å². The van der Waals surface area contributed by atoms with Crippen molar-refractivity contribution in [1.29, 1.82) is 0 Å². The van der Waals surface area contributed by atoms with Gasteiger partial charge < -0.3 is 10.4 Å². The first kappa shape index (κ1) is 14.5. The molecule has 0 aliphatic heterocycles. The molecule has 1 aliphatic carbocycles. The lowest BCUT2D eigenvalue weighted by molar-refractivity contribution is 0.221. The molecule has 0 amide bonds. The number of aliphatic hydroxyl groups is 1. The second kappa shape index (κ2) is 7.66. The molecular formula is C17H27NO. The summed E-state index contributed by atoms with van der Waals surface area (Å²) < 4.78 is 0. The maximum atomic E-state index is 9.50. The Balaban J connectivity index is 1.73. The predicted octanol–water partition coefficient (Wildman–Crippen LogP) is 3.01. The maximum Gasteiger partial charge on any atom is 0.0587 e. The molecule has 2 nitrogen and oxygen atoms in total. The van der Waals surface area contributed by atoms with Crippen LogP contribution in [-0.4, -0.2) is 24.3 Å². The Hall–Kier alpha value is -0.860. The number of nitrogens with one attached hydrogen (secondary N) is 1. The summed E-state index contributed by atoms with van der Waals surface area (Å²) in [6.45, 7) is 3.64. The fourth-order valence-corrected chi connectivity index (χ4v) is 2.97. The van der Waals surface area contributed by atoms with Crippen LogP contribution in [0.3, 0.4) is 0 Å². The van der Waals surface area contributed by atoms with E-state index >= 15 is 0 Å². The Kier molecular flexibility index (Phi) is 5.87. The van der Waals surface area contributed by atoms with Gasteiger partial charge >= 0.3 is 0 Å². The summed E-state index contributed by atoms with van der Waals surface area (Å²) in [6.07, 6.45) is 6.35. The lowest BCUT2D eigenvalue weighted by Gasteiger charge is -2.28. The van der Waals surface area contributed by atoms with E-state index in [0.717, 1.165) is 24.8 Å². The average molecular weight is 261 g/mol. The van der Waals surface area contributed by atoms with Crippen LogP contribution in [0.25, 0.3) is 0 Å². The van der Waals surface area contributed by atoms with Gasteiger partial charge in [-0.15, -0.1) is 0 Å². The quantitative estimate of drug-likeness (QED) is 0.825. The molecule has 2 N–H and O–H groups in total. The van der Waals surface area contributed by atoms with Gasteiger partial charge in [-0.25, -0.2) is 0 Å². The molecule has 1 saturated carbocycles. The second-order valence-electron chi connectivity index (χ2n) is 6.10. The summed E-state index contributed by atoms with van der Waals surface area (Å²) in [5.74, 6) is 1.72. The fourth-order valence-electron chi connectivity index (χ4n) is 2.97. The summed E-state index contributed by atoms with van der Waals surface area (Å²) in [5.41, 5.74) is 1.30. The Morgan fingerprint density at radius 2 is 1.84 bits per heavy atom. The van der Waals surface area contributed by atoms with Crippen LogP contribution >= 0.6 is 0 Å².